The summed E-state index contributed by atoms with van der Waals surface area (Å²) in [5.74, 6) is -2.24. The summed E-state index contributed by atoms with van der Waals surface area (Å²) in [6.07, 6.45) is 4.28. The number of benzene rings is 2. The maximum Gasteiger partial charge on any atom is 0.320 e. The molecule has 130 valence electrons. The molecule has 0 heterocycles. The van der Waals surface area contributed by atoms with Crippen molar-refractivity contribution in [3.8, 4) is 0 Å². The van der Waals surface area contributed by atoms with Crippen molar-refractivity contribution in [2.24, 2.45) is 5.92 Å². The molecule has 0 fully saturated rings. The van der Waals surface area contributed by atoms with Gasteiger partial charge in [-0.25, -0.2) is 0 Å². The molecule has 0 saturated carbocycles. The fourth-order valence-electron chi connectivity index (χ4n) is 2.64. The molecule has 0 aliphatic carbocycles. The van der Waals surface area contributed by atoms with Gasteiger partial charge in [-0.1, -0.05) is 72.8 Å². The van der Waals surface area contributed by atoms with Gasteiger partial charge in [-0.2, -0.15) is 0 Å². The number of methoxy groups -OCH3 is 2. The number of carbonyl (C=O) groups excluding carboxylic acids is 2. The molecular formula is C21H22O4. The number of allylic oxidation sites excluding steroid dienone is 1. The third kappa shape index (κ3) is 5.31. The minimum atomic E-state index is -0.958. The molecule has 0 N–H and O–H groups in total. The summed E-state index contributed by atoms with van der Waals surface area (Å²) in [6.45, 7) is 0. The zero-order valence-corrected chi connectivity index (χ0v) is 14.4. The average molecular weight is 338 g/mol. The van der Waals surface area contributed by atoms with Crippen LogP contribution in [0.2, 0.25) is 0 Å². The van der Waals surface area contributed by atoms with E-state index in [1.807, 2.05) is 72.8 Å². The van der Waals surface area contributed by atoms with Crippen molar-refractivity contribution in [3.05, 3.63) is 77.9 Å². The second-order valence-corrected chi connectivity index (χ2v) is 5.62. The highest BCUT2D eigenvalue weighted by molar-refractivity contribution is 5.94. The summed E-state index contributed by atoms with van der Waals surface area (Å²) in [5.41, 5.74) is 2.07. The van der Waals surface area contributed by atoms with E-state index in [0.717, 1.165) is 11.1 Å². The van der Waals surface area contributed by atoms with Crippen LogP contribution in [0.1, 0.15) is 23.5 Å². The molecule has 0 aromatic heterocycles. The van der Waals surface area contributed by atoms with Crippen LogP contribution < -0.4 is 0 Å². The fourth-order valence-corrected chi connectivity index (χ4v) is 2.64. The third-order valence-corrected chi connectivity index (χ3v) is 4.01. The van der Waals surface area contributed by atoms with Gasteiger partial charge < -0.3 is 9.47 Å². The van der Waals surface area contributed by atoms with E-state index in [-0.39, 0.29) is 12.3 Å². The van der Waals surface area contributed by atoms with E-state index in [2.05, 4.69) is 0 Å². The zero-order chi connectivity index (χ0) is 18.1. The summed E-state index contributed by atoms with van der Waals surface area (Å²) in [6, 6.07) is 19.6. The highest BCUT2D eigenvalue weighted by Crippen LogP contribution is 2.27. The Morgan fingerprint density at radius 1 is 0.880 bits per heavy atom. The van der Waals surface area contributed by atoms with E-state index in [0.29, 0.717) is 0 Å². The predicted molar refractivity (Wildman–Crippen MR) is 96.8 cm³/mol. The lowest BCUT2D eigenvalue weighted by Crippen LogP contribution is -2.28. The molecule has 25 heavy (non-hydrogen) atoms. The second-order valence-electron chi connectivity index (χ2n) is 5.62. The first kappa shape index (κ1) is 18.5. The first-order valence-corrected chi connectivity index (χ1v) is 8.09. The van der Waals surface area contributed by atoms with E-state index in [1.54, 1.807) is 0 Å². The summed E-state index contributed by atoms with van der Waals surface area (Å²) in [7, 11) is 2.55. The van der Waals surface area contributed by atoms with Crippen LogP contribution in [-0.2, 0) is 19.1 Å². The van der Waals surface area contributed by atoms with Gasteiger partial charge >= 0.3 is 11.9 Å². The molecule has 2 aromatic rings. The number of rotatable bonds is 7. The molecule has 2 rings (SSSR count). The predicted octanol–water partition coefficient (Wildman–Crippen LogP) is 3.84. The topological polar surface area (TPSA) is 52.6 Å². The molecule has 0 bridgehead atoms. The first-order valence-electron chi connectivity index (χ1n) is 8.09. The summed E-state index contributed by atoms with van der Waals surface area (Å²) in [5, 5.41) is 0. The van der Waals surface area contributed by atoms with Gasteiger partial charge in [0.25, 0.3) is 0 Å². The lowest BCUT2D eigenvalue weighted by molar-refractivity contribution is -0.159. The van der Waals surface area contributed by atoms with Crippen molar-refractivity contribution in [2.75, 3.05) is 14.2 Å². The molecule has 2 aromatic carbocycles. The second kappa shape index (κ2) is 9.42. The van der Waals surface area contributed by atoms with Crippen molar-refractivity contribution >= 4 is 18.0 Å². The van der Waals surface area contributed by atoms with Crippen molar-refractivity contribution < 1.29 is 19.1 Å². The minimum absolute atomic E-state index is 0.121. The highest BCUT2D eigenvalue weighted by Gasteiger charge is 2.31. The van der Waals surface area contributed by atoms with Gasteiger partial charge in [-0.05, 0) is 17.5 Å². The Labute approximate surface area is 148 Å². The molecule has 0 aliphatic rings. The Balaban J connectivity index is 2.29. The maximum atomic E-state index is 12.0. The van der Waals surface area contributed by atoms with Gasteiger partial charge in [0.05, 0.1) is 14.2 Å². The van der Waals surface area contributed by atoms with Crippen molar-refractivity contribution in [2.45, 2.75) is 12.3 Å². The van der Waals surface area contributed by atoms with E-state index < -0.39 is 17.9 Å². The van der Waals surface area contributed by atoms with Crippen molar-refractivity contribution in [1.82, 2.24) is 0 Å². The first-order chi connectivity index (χ1) is 12.2. The van der Waals surface area contributed by atoms with E-state index in [9.17, 15) is 9.59 Å². The van der Waals surface area contributed by atoms with Crippen LogP contribution in [0.4, 0.5) is 0 Å². The lowest BCUT2D eigenvalue weighted by atomic mass is 9.88. The summed E-state index contributed by atoms with van der Waals surface area (Å²) >= 11 is 0. The SMILES string of the molecule is COC(=O)C(C[C@@H](/C=C/c1ccccc1)c1ccccc1)C(=O)OC. The zero-order valence-electron chi connectivity index (χ0n) is 14.4. The summed E-state index contributed by atoms with van der Waals surface area (Å²) in [4.78, 5) is 24.0. The van der Waals surface area contributed by atoms with Gasteiger partial charge in [-0.15, -0.1) is 0 Å². The molecule has 0 unspecified atom stereocenters. The van der Waals surface area contributed by atoms with Gasteiger partial charge in [0.15, 0.2) is 5.92 Å². The third-order valence-electron chi connectivity index (χ3n) is 4.01. The Morgan fingerprint density at radius 2 is 1.40 bits per heavy atom. The Kier molecular flexibility index (Phi) is 6.96. The van der Waals surface area contributed by atoms with Gasteiger partial charge in [-0.3, -0.25) is 9.59 Å². The van der Waals surface area contributed by atoms with Crippen LogP contribution in [0, 0.1) is 5.92 Å². The largest absolute Gasteiger partial charge is 0.468 e. The molecule has 0 saturated heterocycles. The summed E-state index contributed by atoms with van der Waals surface area (Å²) < 4.78 is 9.54. The average Bonchev–Trinajstić information content (AvgIpc) is 2.68. The molecule has 0 spiro atoms. The van der Waals surface area contributed by atoms with Crippen LogP contribution in [-0.4, -0.2) is 26.2 Å². The number of hydrogen-bond donors (Lipinski definition) is 0. The van der Waals surface area contributed by atoms with E-state index in [4.69, 9.17) is 9.47 Å². The fraction of sp³-hybridized carbons (Fsp3) is 0.238. The number of hydrogen-bond acceptors (Lipinski definition) is 4. The molecule has 0 radical (unpaired) electrons. The van der Waals surface area contributed by atoms with Crippen molar-refractivity contribution in [3.63, 3.8) is 0 Å². The highest BCUT2D eigenvalue weighted by atomic mass is 16.5. The van der Waals surface area contributed by atoms with Crippen LogP contribution in [0.3, 0.4) is 0 Å². The Morgan fingerprint density at radius 3 is 1.92 bits per heavy atom. The van der Waals surface area contributed by atoms with Crippen LogP contribution in [0.25, 0.3) is 6.08 Å². The van der Waals surface area contributed by atoms with Crippen molar-refractivity contribution in [1.29, 1.82) is 0 Å². The Hall–Kier alpha value is -2.88. The van der Waals surface area contributed by atoms with Gasteiger partial charge in [0.2, 0.25) is 0 Å². The molecule has 1 atom stereocenters. The number of esters is 2. The number of ether oxygens (including phenoxy) is 2. The molecule has 4 nitrogen and oxygen atoms in total. The molecule has 0 amide bonds. The van der Waals surface area contributed by atoms with Crippen LogP contribution >= 0.6 is 0 Å². The van der Waals surface area contributed by atoms with E-state index >= 15 is 0 Å². The number of carbonyl (C=O) groups is 2. The molecule has 0 aliphatic heterocycles. The smallest absolute Gasteiger partial charge is 0.320 e. The molecular weight excluding hydrogens is 316 g/mol. The lowest BCUT2D eigenvalue weighted by Gasteiger charge is -2.18. The Bertz CT molecular complexity index is 691. The van der Waals surface area contributed by atoms with E-state index in [1.165, 1.54) is 14.2 Å². The van der Waals surface area contributed by atoms with Crippen LogP contribution in [0.15, 0.2) is 66.7 Å². The normalized spacial score (nSPS) is 12.1. The van der Waals surface area contributed by atoms with Gasteiger partial charge in [0, 0.05) is 5.92 Å². The van der Waals surface area contributed by atoms with Gasteiger partial charge in [0.1, 0.15) is 0 Å². The standard InChI is InChI=1S/C21H22O4/c1-24-20(22)19(21(23)25-2)15-18(17-11-7-4-8-12-17)14-13-16-9-5-3-6-10-16/h3-14,18-19H,15H2,1-2H3/b14-13+/t18-/m1/s1. The quantitative estimate of drug-likeness (QED) is 0.569. The molecule has 4 heteroatoms. The minimum Gasteiger partial charge on any atom is -0.468 e. The maximum absolute atomic E-state index is 12.0. The van der Waals surface area contributed by atoms with Crippen LogP contribution in [0.5, 0.6) is 0 Å². The monoisotopic (exact) mass is 338 g/mol.